The Hall–Kier alpha value is -2.25. The monoisotopic (exact) mass is 429 g/mol. The average molecular weight is 430 g/mol. The van der Waals surface area contributed by atoms with Crippen molar-refractivity contribution in [2.24, 2.45) is 0 Å². The van der Waals surface area contributed by atoms with Crippen LogP contribution in [0.2, 0.25) is 0 Å². The molecule has 1 unspecified atom stereocenters. The molecule has 2 N–H and O–H groups in total. The van der Waals surface area contributed by atoms with Crippen LogP contribution in [0, 0.1) is 0 Å². The van der Waals surface area contributed by atoms with Gasteiger partial charge in [-0.2, -0.15) is 11.8 Å². The summed E-state index contributed by atoms with van der Waals surface area (Å²) < 4.78 is 5.12. The van der Waals surface area contributed by atoms with E-state index in [0.717, 1.165) is 17.9 Å². The second-order valence-corrected chi connectivity index (χ2v) is 8.64. The summed E-state index contributed by atoms with van der Waals surface area (Å²) in [5, 5.41) is 5.74. The van der Waals surface area contributed by atoms with Crippen LogP contribution in [0.25, 0.3) is 0 Å². The first-order valence-corrected chi connectivity index (χ1v) is 12.0. The molecule has 1 aromatic heterocycles. The lowest BCUT2D eigenvalue weighted by Gasteiger charge is -2.26. The summed E-state index contributed by atoms with van der Waals surface area (Å²) in [4.78, 5) is 27.4. The van der Waals surface area contributed by atoms with Crippen LogP contribution in [-0.2, 0) is 17.9 Å². The second kappa shape index (κ2) is 11.8. The van der Waals surface area contributed by atoms with E-state index in [-0.39, 0.29) is 17.6 Å². The fourth-order valence-electron chi connectivity index (χ4n) is 3.59. The molecule has 1 fully saturated rings. The molecule has 1 aromatic carbocycles. The van der Waals surface area contributed by atoms with E-state index in [0.29, 0.717) is 13.0 Å². The topological polar surface area (TPSA) is 74.6 Å². The zero-order valence-electron chi connectivity index (χ0n) is 17.6. The van der Waals surface area contributed by atoms with Gasteiger partial charge in [-0.05, 0) is 67.6 Å². The molecule has 6 nitrogen and oxygen atoms in total. The average Bonchev–Trinajstić information content (AvgIpc) is 3.32. The van der Waals surface area contributed by atoms with Crippen molar-refractivity contribution < 1.29 is 14.0 Å². The molecule has 162 valence electrons. The summed E-state index contributed by atoms with van der Waals surface area (Å²) >= 11 is 1.64. The van der Waals surface area contributed by atoms with Crippen molar-refractivity contribution in [1.29, 1.82) is 0 Å². The van der Waals surface area contributed by atoms with Crippen molar-refractivity contribution >= 4 is 23.6 Å². The summed E-state index contributed by atoms with van der Waals surface area (Å²) in [6.07, 6.45) is 7.91. The number of rotatable bonds is 10. The minimum absolute atomic E-state index is 0.179. The molecule has 0 spiro atoms. The molecule has 0 radical (unpaired) electrons. The highest BCUT2D eigenvalue weighted by Gasteiger charge is 2.22. The van der Waals surface area contributed by atoms with Gasteiger partial charge in [0, 0.05) is 13.1 Å². The molecule has 3 rings (SSSR count). The highest BCUT2D eigenvalue weighted by Crippen LogP contribution is 2.14. The molecule has 2 aromatic rings. The molecule has 0 saturated carbocycles. The number of hydrogen-bond donors (Lipinski definition) is 2. The molecule has 0 bridgehead atoms. The molecule has 0 aliphatic carbocycles. The fourth-order valence-corrected chi connectivity index (χ4v) is 4.06. The third-order valence-corrected chi connectivity index (χ3v) is 5.97. The van der Waals surface area contributed by atoms with Crippen LogP contribution >= 0.6 is 11.8 Å². The number of carbonyl (C=O) groups is 2. The van der Waals surface area contributed by atoms with E-state index in [4.69, 9.17) is 4.42 Å². The Kier molecular flexibility index (Phi) is 8.83. The number of carbonyl (C=O) groups excluding carboxylic acids is 2. The Morgan fingerprint density at radius 1 is 1.10 bits per heavy atom. The number of thioether (sulfide) groups is 1. The first-order chi connectivity index (χ1) is 14.7. The van der Waals surface area contributed by atoms with Gasteiger partial charge in [0.1, 0.15) is 6.04 Å². The summed E-state index contributed by atoms with van der Waals surface area (Å²) in [5.41, 5.74) is 2.35. The van der Waals surface area contributed by atoms with Crippen LogP contribution in [-0.4, -0.2) is 47.9 Å². The van der Waals surface area contributed by atoms with Gasteiger partial charge in [-0.15, -0.1) is 0 Å². The van der Waals surface area contributed by atoms with E-state index in [9.17, 15) is 9.59 Å². The highest BCUT2D eigenvalue weighted by molar-refractivity contribution is 7.98. The lowest BCUT2D eigenvalue weighted by atomic mass is 10.1. The lowest BCUT2D eigenvalue weighted by Crippen LogP contribution is -2.46. The Labute approximate surface area is 182 Å². The molecular weight excluding hydrogens is 398 g/mol. The predicted molar refractivity (Wildman–Crippen MR) is 120 cm³/mol. The molecule has 30 heavy (non-hydrogen) atoms. The fraction of sp³-hybridized carbons (Fsp3) is 0.478. The van der Waals surface area contributed by atoms with Crippen LogP contribution in [0.15, 0.2) is 47.1 Å². The molecule has 1 saturated heterocycles. The van der Waals surface area contributed by atoms with Crippen LogP contribution in [0.1, 0.15) is 47.4 Å². The Morgan fingerprint density at radius 3 is 2.50 bits per heavy atom. The highest BCUT2D eigenvalue weighted by atomic mass is 32.2. The number of benzene rings is 1. The molecule has 1 atom stereocenters. The van der Waals surface area contributed by atoms with Crippen LogP contribution in [0.3, 0.4) is 0 Å². The summed E-state index contributed by atoms with van der Waals surface area (Å²) in [6.45, 7) is 3.79. The zero-order chi connectivity index (χ0) is 21.2. The van der Waals surface area contributed by atoms with Gasteiger partial charge in [0.25, 0.3) is 5.91 Å². The first-order valence-electron chi connectivity index (χ1n) is 10.6. The van der Waals surface area contributed by atoms with E-state index in [1.54, 1.807) is 23.9 Å². The Balaban J connectivity index is 1.50. The molecule has 1 aliphatic rings. The van der Waals surface area contributed by atoms with Gasteiger partial charge in [-0.3, -0.25) is 14.5 Å². The van der Waals surface area contributed by atoms with Crippen molar-refractivity contribution in [3.8, 4) is 0 Å². The van der Waals surface area contributed by atoms with Crippen LogP contribution in [0.4, 0.5) is 0 Å². The normalized spacial score (nSPS) is 15.5. The molecule has 2 heterocycles. The number of nitrogens with one attached hydrogen (secondary N) is 2. The largest absolute Gasteiger partial charge is 0.459 e. The number of likely N-dealkylation sites (tertiary alicyclic amines) is 1. The number of nitrogens with zero attached hydrogens (tertiary/aromatic N) is 1. The SMILES string of the molecule is CSCCC(NC(=O)c1ccco1)C(=O)NCc1ccc(CN2CCCCC2)cc1. The standard InChI is InChI=1S/C23H31N3O3S/c1-30-15-11-20(25-23(28)21-6-5-14-29-21)22(27)24-16-18-7-9-19(10-8-18)17-26-12-3-2-4-13-26/h5-10,14,20H,2-4,11-13,15-17H2,1H3,(H,24,27)(H,25,28). The minimum Gasteiger partial charge on any atom is -0.459 e. The van der Waals surface area contributed by atoms with Crippen molar-refractivity contribution in [3.05, 3.63) is 59.5 Å². The smallest absolute Gasteiger partial charge is 0.287 e. The summed E-state index contributed by atoms with van der Waals surface area (Å²) in [5.74, 6) is 0.438. The van der Waals surface area contributed by atoms with Crippen LogP contribution in [0.5, 0.6) is 0 Å². The zero-order valence-corrected chi connectivity index (χ0v) is 18.4. The van der Waals surface area contributed by atoms with Gasteiger partial charge in [0.15, 0.2) is 5.76 Å². The second-order valence-electron chi connectivity index (χ2n) is 7.66. The Morgan fingerprint density at radius 2 is 1.83 bits per heavy atom. The van der Waals surface area contributed by atoms with Gasteiger partial charge in [0.05, 0.1) is 6.26 Å². The molecule has 2 amide bonds. The molecular formula is C23H31N3O3S. The number of piperidine rings is 1. The molecule has 1 aliphatic heterocycles. The predicted octanol–water partition coefficient (Wildman–Crippen LogP) is 3.43. The number of amides is 2. The third kappa shape index (κ3) is 6.92. The van der Waals surface area contributed by atoms with E-state index >= 15 is 0 Å². The maximum absolute atomic E-state index is 12.7. The Bertz CT molecular complexity index is 787. The third-order valence-electron chi connectivity index (χ3n) is 5.32. The lowest BCUT2D eigenvalue weighted by molar-refractivity contribution is -0.123. The van der Waals surface area contributed by atoms with Gasteiger partial charge in [-0.1, -0.05) is 30.7 Å². The number of hydrogen-bond acceptors (Lipinski definition) is 5. The quantitative estimate of drug-likeness (QED) is 0.605. The van der Waals surface area contributed by atoms with Crippen molar-refractivity contribution in [2.75, 3.05) is 25.1 Å². The number of furan rings is 1. The van der Waals surface area contributed by atoms with Gasteiger partial charge in [0.2, 0.25) is 5.91 Å². The van der Waals surface area contributed by atoms with E-state index in [1.807, 2.05) is 6.26 Å². The van der Waals surface area contributed by atoms with Gasteiger partial charge in [-0.25, -0.2) is 0 Å². The first kappa shape index (κ1) is 22.4. The summed E-state index contributed by atoms with van der Waals surface area (Å²) in [6, 6.07) is 11.1. The van der Waals surface area contributed by atoms with Crippen molar-refractivity contribution in [3.63, 3.8) is 0 Å². The summed E-state index contributed by atoms with van der Waals surface area (Å²) in [7, 11) is 0. The van der Waals surface area contributed by atoms with Crippen LogP contribution < -0.4 is 10.6 Å². The van der Waals surface area contributed by atoms with Gasteiger partial charge >= 0.3 is 0 Å². The van der Waals surface area contributed by atoms with Gasteiger partial charge < -0.3 is 15.1 Å². The minimum atomic E-state index is -0.589. The molecule has 7 heteroatoms. The van der Waals surface area contributed by atoms with E-state index in [1.165, 1.54) is 44.2 Å². The van der Waals surface area contributed by atoms with E-state index in [2.05, 4.69) is 39.8 Å². The maximum atomic E-state index is 12.7. The van der Waals surface area contributed by atoms with Crippen molar-refractivity contribution in [2.45, 2.75) is 44.8 Å². The maximum Gasteiger partial charge on any atom is 0.287 e. The van der Waals surface area contributed by atoms with Crippen molar-refractivity contribution in [1.82, 2.24) is 15.5 Å². The van der Waals surface area contributed by atoms with E-state index < -0.39 is 6.04 Å².